The van der Waals surface area contributed by atoms with Crippen molar-refractivity contribution in [2.75, 3.05) is 0 Å². The second kappa shape index (κ2) is 5.46. The summed E-state index contributed by atoms with van der Waals surface area (Å²) in [5.74, 6) is -0.775. The van der Waals surface area contributed by atoms with Gasteiger partial charge in [0.1, 0.15) is 0 Å². The van der Waals surface area contributed by atoms with Gasteiger partial charge in [0.05, 0.1) is 11.2 Å². The Bertz CT molecular complexity index is 535. The molecule has 0 spiro atoms. The largest absolute Gasteiger partial charge is 0.495 e. The Balaban J connectivity index is 2.17. The molecule has 0 aromatic heterocycles. The Morgan fingerprint density at radius 3 is 2.24 bits per heavy atom. The van der Waals surface area contributed by atoms with E-state index in [1.165, 1.54) is 0 Å². The first-order valence-corrected chi connectivity index (χ1v) is 7.29. The molecule has 1 N–H and O–H groups in total. The number of benzene rings is 1. The highest BCUT2D eigenvalue weighted by atomic mass is 16.7. The standard InChI is InChI=1S/C16H23BO4/c1-11-10-12(7-9-14(18)19)6-8-13(11)17-20-15(2,3)16(4,5)21-17/h6,8,10H,7,9H2,1-5H3,(H,18,19). The normalized spacial score (nSPS) is 19.8. The molecule has 1 heterocycles. The quantitative estimate of drug-likeness (QED) is 0.865. The Morgan fingerprint density at radius 2 is 1.76 bits per heavy atom. The van der Waals surface area contributed by atoms with Gasteiger partial charge in [-0.2, -0.15) is 0 Å². The molecule has 1 fully saturated rings. The number of carbonyl (C=O) groups is 1. The van der Waals surface area contributed by atoms with Crippen LogP contribution in [0, 0.1) is 6.92 Å². The lowest BCUT2D eigenvalue weighted by Gasteiger charge is -2.32. The molecule has 1 aromatic carbocycles. The summed E-state index contributed by atoms with van der Waals surface area (Å²) in [7, 11) is -0.372. The van der Waals surface area contributed by atoms with Crippen molar-refractivity contribution >= 4 is 18.6 Å². The molecule has 2 rings (SSSR count). The van der Waals surface area contributed by atoms with Gasteiger partial charge < -0.3 is 14.4 Å². The molecule has 1 aromatic rings. The zero-order chi connectivity index (χ0) is 15.8. The van der Waals surface area contributed by atoms with Gasteiger partial charge in [-0.25, -0.2) is 0 Å². The van der Waals surface area contributed by atoms with Crippen molar-refractivity contribution < 1.29 is 19.2 Å². The Kier molecular flexibility index (Phi) is 4.18. The number of carboxylic acid groups (broad SMARTS) is 1. The minimum atomic E-state index is -0.775. The van der Waals surface area contributed by atoms with Crippen LogP contribution >= 0.6 is 0 Å². The fourth-order valence-electron chi connectivity index (χ4n) is 2.38. The number of hydrogen-bond acceptors (Lipinski definition) is 3. The third-order valence-corrected chi connectivity index (χ3v) is 4.47. The van der Waals surface area contributed by atoms with Crippen LogP contribution in [0.15, 0.2) is 18.2 Å². The summed E-state index contributed by atoms with van der Waals surface area (Å²) in [6.45, 7) is 10.1. The Labute approximate surface area is 126 Å². The van der Waals surface area contributed by atoms with Gasteiger partial charge in [-0.05, 0) is 52.1 Å². The van der Waals surface area contributed by atoms with E-state index in [-0.39, 0.29) is 24.7 Å². The van der Waals surface area contributed by atoms with Crippen LogP contribution in [0.5, 0.6) is 0 Å². The third-order valence-electron chi connectivity index (χ3n) is 4.47. The van der Waals surface area contributed by atoms with E-state index < -0.39 is 5.97 Å². The van der Waals surface area contributed by atoms with Gasteiger partial charge in [0, 0.05) is 6.42 Å². The average Bonchev–Trinajstić information content (AvgIpc) is 2.55. The molecular formula is C16H23BO4. The molecule has 0 radical (unpaired) electrons. The van der Waals surface area contributed by atoms with E-state index in [0.29, 0.717) is 6.42 Å². The van der Waals surface area contributed by atoms with Crippen molar-refractivity contribution in [2.24, 2.45) is 0 Å². The Morgan fingerprint density at radius 1 is 1.19 bits per heavy atom. The third kappa shape index (κ3) is 3.30. The predicted molar refractivity (Wildman–Crippen MR) is 82.9 cm³/mol. The van der Waals surface area contributed by atoms with E-state index >= 15 is 0 Å². The molecule has 0 saturated carbocycles. The highest BCUT2D eigenvalue weighted by Gasteiger charge is 2.51. The zero-order valence-corrected chi connectivity index (χ0v) is 13.4. The number of rotatable bonds is 4. The number of aryl methyl sites for hydroxylation is 2. The van der Waals surface area contributed by atoms with E-state index in [1.807, 2.05) is 52.8 Å². The number of aliphatic carboxylic acids is 1. The summed E-state index contributed by atoms with van der Waals surface area (Å²) in [5.41, 5.74) is 2.39. The first-order valence-electron chi connectivity index (χ1n) is 7.29. The molecule has 21 heavy (non-hydrogen) atoms. The van der Waals surface area contributed by atoms with Crippen molar-refractivity contribution in [1.82, 2.24) is 0 Å². The van der Waals surface area contributed by atoms with Gasteiger partial charge in [0.25, 0.3) is 0 Å². The maximum absolute atomic E-state index is 10.6. The second-order valence-corrected chi connectivity index (χ2v) is 6.67. The van der Waals surface area contributed by atoms with Gasteiger partial charge >= 0.3 is 13.1 Å². The van der Waals surface area contributed by atoms with E-state index in [0.717, 1.165) is 16.6 Å². The summed E-state index contributed by atoms with van der Waals surface area (Å²) in [4.78, 5) is 10.6. The van der Waals surface area contributed by atoms with Crippen LogP contribution in [-0.2, 0) is 20.5 Å². The summed E-state index contributed by atoms with van der Waals surface area (Å²) in [6.07, 6.45) is 0.690. The molecule has 0 amide bonds. The van der Waals surface area contributed by atoms with Crippen molar-refractivity contribution in [3.05, 3.63) is 29.3 Å². The molecule has 0 bridgehead atoms. The van der Waals surface area contributed by atoms with Crippen LogP contribution in [0.2, 0.25) is 0 Å². The molecule has 5 heteroatoms. The maximum Gasteiger partial charge on any atom is 0.495 e. The first-order chi connectivity index (χ1) is 9.62. The van der Waals surface area contributed by atoms with Crippen LogP contribution in [0.4, 0.5) is 0 Å². The lowest BCUT2D eigenvalue weighted by molar-refractivity contribution is -0.136. The molecule has 1 aliphatic heterocycles. The van der Waals surface area contributed by atoms with Crippen LogP contribution in [0.1, 0.15) is 45.2 Å². The van der Waals surface area contributed by atoms with Gasteiger partial charge in [-0.3, -0.25) is 4.79 Å². The molecule has 4 nitrogen and oxygen atoms in total. The SMILES string of the molecule is Cc1cc(CCC(=O)O)ccc1B1OC(C)(C)C(C)(C)O1. The number of hydrogen-bond donors (Lipinski definition) is 1. The van der Waals surface area contributed by atoms with Gasteiger partial charge in [0.2, 0.25) is 0 Å². The van der Waals surface area contributed by atoms with Crippen LogP contribution in [0.3, 0.4) is 0 Å². The molecular weight excluding hydrogens is 267 g/mol. The minimum absolute atomic E-state index is 0.148. The molecule has 114 valence electrons. The molecule has 0 atom stereocenters. The van der Waals surface area contributed by atoms with Crippen molar-refractivity contribution in [3.63, 3.8) is 0 Å². The van der Waals surface area contributed by atoms with E-state index in [1.54, 1.807) is 0 Å². The average molecular weight is 290 g/mol. The van der Waals surface area contributed by atoms with E-state index in [4.69, 9.17) is 14.4 Å². The Hall–Kier alpha value is -1.33. The first kappa shape index (κ1) is 16.1. The van der Waals surface area contributed by atoms with Gasteiger partial charge in [-0.15, -0.1) is 0 Å². The highest BCUT2D eigenvalue weighted by molar-refractivity contribution is 6.62. The zero-order valence-electron chi connectivity index (χ0n) is 13.4. The second-order valence-electron chi connectivity index (χ2n) is 6.67. The van der Waals surface area contributed by atoms with Crippen LogP contribution in [-0.4, -0.2) is 29.4 Å². The molecule has 0 aliphatic carbocycles. The smallest absolute Gasteiger partial charge is 0.481 e. The summed E-state index contributed by atoms with van der Waals surface area (Å²) in [6, 6.07) is 5.95. The van der Waals surface area contributed by atoms with Crippen LogP contribution in [0.25, 0.3) is 0 Å². The molecule has 0 unspecified atom stereocenters. The van der Waals surface area contributed by atoms with Crippen molar-refractivity contribution in [2.45, 2.75) is 58.7 Å². The maximum atomic E-state index is 10.6. The highest BCUT2D eigenvalue weighted by Crippen LogP contribution is 2.36. The van der Waals surface area contributed by atoms with Gasteiger partial charge in [-0.1, -0.05) is 23.8 Å². The van der Waals surface area contributed by atoms with Crippen molar-refractivity contribution in [3.8, 4) is 0 Å². The minimum Gasteiger partial charge on any atom is -0.481 e. The number of carboxylic acids is 1. The fraction of sp³-hybridized carbons (Fsp3) is 0.562. The summed E-state index contributed by atoms with van der Waals surface area (Å²) >= 11 is 0. The molecule has 1 saturated heterocycles. The lowest BCUT2D eigenvalue weighted by atomic mass is 9.75. The topological polar surface area (TPSA) is 55.8 Å². The summed E-state index contributed by atoms with van der Waals surface area (Å²) < 4.78 is 12.1. The fourth-order valence-corrected chi connectivity index (χ4v) is 2.38. The van der Waals surface area contributed by atoms with E-state index in [2.05, 4.69) is 0 Å². The van der Waals surface area contributed by atoms with E-state index in [9.17, 15) is 4.79 Å². The predicted octanol–water partition coefficient (Wildman–Crippen LogP) is 2.31. The monoisotopic (exact) mass is 290 g/mol. The summed E-state index contributed by atoms with van der Waals surface area (Å²) in [5, 5.41) is 8.75. The molecule has 1 aliphatic rings. The lowest BCUT2D eigenvalue weighted by Crippen LogP contribution is -2.41. The van der Waals surface area contributed by atoms with Crippen molar-refractivity contribution in [1.29, 1.82) is 0 Å². The van der Waals surface area contributed by atoms with Crippen LogP contribution < -0.4 is 5.46 Å². The van der Waals surface area contributed by atoms with Gasteiger partial charge in [0.15, 0.2) is 0 Å².